The van der Waals surface area contributed by atoms with Crippen LogP contribution in [0.2, 0.25) is 0 Å². The number of carbonyl (C=O) groups is 1. The van der Waals surface area contributed by atoms with Crippen LogP contribution in [0.25, 0.3) is 0 Å². The zero-order chi connectivity index (χ0) is 13.9. The first-order valence-corrected chi connectivity index (χ1v) is 7.38. The molecule has 20 heavy (non-hydrogen) atoms. The molecular formula is C15H20FN3O. The van der Waals surface area contributed by atoms with Gasteiger partial charge in [-0.15, -0.1) is 0 Å². The maximum Gasteiger partial charge on any atom is 0.256 e. The number of nitrogens with zero attached hydrogens (tertiary/aromatic N) is 3. The van der Waals surface area contributed by atoms with Gasteiger partial charge < -0.3 is 4.90 Å². The molecular weight excluding hydrogens is 257 g/mol. The van der Waals surface area contributed by atoms with Gasteiger partial charge in [0.25, 0.3) is 5.91 Å². The largest absolute Gasteiger partial charge is 0.337 e. The summed E-state index contributed by atoms with van der Waals surface area (Å²) in [6.07, 6.45) is 7.39. The molecule has 0 N–H and O–H groups in total. The lowest BCUT2D eigenvalue weighted by atomic mass is 10.1. The molecule has 2 fully saturated rings. The summed E-state index contributed by atoms with van der Waals surface area (Å²) in [6, 6.07) is 1.91. The minimum absolute atomic E-state index is 0.138. The molecule has 4 nitrogen and oxygen atoms in total. The van der Waals surface area contributed by atoms with E-state index in [9.17, 15) is 9.18 Å². The molecule has 0 saturated carbocycles. The summed E-state index contributed by atoms with van der Waals surface area (Å²) in [7, 11) is 0. The first-order chi connectivity index (χ1) is 9.75. The highest BCUT2D eigenvalue weighted by atomic mass is 19.1. The molecule has 0 radical (unpaired) electrons. The van der Waals surface area contributed by atoms with E-state index in [2.05, 4.69) is 9.88 Å². The summed E-state index contributed by atoms with van der Waals surface area (Å²) >= 11 is 0. The van der Waals surface area contributed by atoms with Crippen molar-refractivity contribution in [2.45, 2.75) is 31.7 Å². The van der Waals surface area contributed by atoms with Gasteiger partial charge in [-0.1, -0.05) is 6.42 Å². The van der Waals surface area contributed by atoms with Crippen LogP contribution in [-0.4, -0.2) is 52.9 Å². The average Bonchev–Trinajstić information content (AvgIpc) is 2.98. The van der Waals surface area contributed by atoms with E-state index >= 15 is 0 Å². The summed E-state index contributed by atoms with van der Waals surface area (Å²) in [4.78, 5) is 20.3. The van der Waals surface area contributed by atoms with E-state index in [1.54, 1.807) is 4.90 Å². The van der Waals surface area contributed by atoms with Crippen molar-refractivity contribution >= 4 is 5.91 Å². The number of piperidine rings is 1. The minimum atomic E-state index is -0.529. The van der Waals surface area contributed by atoms with Gasteiger partial charge in [-0.25, -0.2) is 4.39 Å². The van der Waals surface area contributed by atoms with Crippen molar-refractivity contribution < 1.29 is 9.18 Å². The molecule has 2 aliphatic rings. The number of amides is 1. The van der Waals surface area contributed by atoms with Crippen LogP contribution in [0.5, 0.6) is 0 Å². The second-order valence-corrected chi connectivity index (χ2v) is 5.65. The molecule has 5 heteroatoms. The van der Waals surface area contributed by atoms with E-state index < -0.39 is 5.82 Å². The number of halogens is 1. The lowest BCUT2D eigenvalue weighted by molar-refractivity contribution is 0.0766. The van der Waals surface area contributed by atoms with Crippen LogP contribution in [0.3, 0.4) is 0 Å². The Labute approximate surface area is 118 Å². The monoisotopic (exact) mass is 277 g/mol. The van der Waals surface area contributed by atoms with E-state index in [1.807, 2.05) is 0 Å². The van der Waals surface area contributed by atoms with Crippen LogP contribution in [0.15, 0.2) is 18.5 Å². The van der Waals surface area contributed by atoms with Crippen LogP contribution in [0, 0.1) is 5.82 Å². The Balaban J connectivity index is 1.65. The minimum Gasteiger partial charge on any atom is -0.337 e. The lowest BCUT2D eigenvalue weighted by Gasteiger charge is -2.32. The third-order valence-electron chi connectivity index (χ3n) is 4.36. The Morgan fingerprint density at radius 3 is 2.80 bits per heavy atom. The molecule has 3 rings (SSSR count). The molecule has 2 saturated heterocycles. The van der Waals surface area contributed by atoms with E-state index in [1.165, 1.54) is 31.5 Å². The number of carbonyl (C=O) groups excluding carboxylic acids is 1. The van der Waals surface area contributed by atoms with Crippen LogP contribution in [0.1, 0.15) is 36.0 Å². The van der Waals surface area contributed by atoms with Gasteiger partial charge in [-0.05, 0) is 38.4 Å². The first-order valence-electron chi connectivity index (χ1n) is 7.38. The Bertz CT molecular complexity index is 488. The predicted molar refractivity (Wildman–Crippen MR) is 73.9 cm³/mol. The van der Waals surface area contributed by atoms with Crippen LogP contribution < -0.4 is 0 Å². The second-order valence-electron chi connectivity index (χ2n) is 5.65. The van der Waals surface area contributed by atoms with E-state index in [0.717, 1.165) is 38.8 Å². The fourth-order valence-electron chi connectivity index (χ4n) is 3.23. The van der Waals surface area contributed by atoms with Gasteiger partial charge in [0, 0.05) is 25.3 Å². The third kappa shape index (κ3) is 2.68. The van der Waals surface area contributed by atoms with Crippen LogP contribution >= 0.6 is 0 Å². The Morgan fingerprint density at radius 2 is 2.05 bits per heavy atom. The Kier molecular flexibility index (Phi) is 3.96. The highest BCUT2D eigenvalue weighted by molar-refractivity contribution is 5.94. The van der Waals surface area contributed by atoms with Gasteiger partial charge in [0.2, 0.25) is 0 Å². The highest BCUT2D eigenvalue weighted by Crippen LogP contribution is 2.22. The van der Waals surface area contributed by atoms with Gasteiger partial charge in [-0.2, -0.15) is 0 Å². The topological polar surface area (TPSA) is 36.4 Å². The number of hydrogen-bond acceptors (Lipinski definition) is 3. The molecule has 1 aromatic heterocycles. The molecule has 108 valence electrons. The number of rotatable bonds is 2. The average molecular weight is 277 g/mol. The van der Waals surface area contributed by atoms with Crippen LogP contribution in [-0.2, 0) is 0 Å². The van der Waals surface area contributed by atoms with Crippen molar-refractivity contribution in [2.75, 3.05) is 26.2 Å². The summed E-state index contributed by atoms with van der Waals surface area (Å²) in [5, 5.41) is 0. The van der Waals surface area contributed by atoms with E-state index in [-0.39, 0.29) is 11.5 Å². The number of likely N-dealkylation sites (tertiary alicyclic amines) is 2. The fraction of sp³-hybridized carbons (Fsp3) is 0.600. The molecule has 1 unspecified atom stereocenters. The Morgan fingerprint density at radius 1 is 1.25 bits per heavy atom. The fourth-order valence-corrected chi connectivity index (χ4v) is 3.23. The Hall–Kier alpha value is -1.49. The standard InChI is InChI=1S/C15H20FN3O/c16-14-10-17-6-4-13(14)15(20)19-9-5-12(11-19)18-7-2-1-3-8-18/h4,6,10,12H,1-3,5,7-9,11H2. The van der Waals surface area contributed by atoms with Gasteiger partial charge in [0.05, 0.1) is 11.8 Å². The van der Waals surface area contributed by atoms with Gasteiger partial charge in [0.15, 0.2) is 5.82 Å². The molecule has 0 aromatic carbocycles. The van der Waals surface area contributed by atoms with Gasteiger partial charge in [-0.3, -0.25) is 14.7 Å². The summed E-state index contributed by atoms with van der Waals surface area (Å²) in [5.41, 5.74) is 0.138. The summed E-state index contributed by atoms with van der Waals surface area (Å²) < 4.78 is 13.6. The molecule has 1 atom stereocenters. The molecule has 3 heterocycles. The van der Waals surface area contributed by atoms with Gasteiger partial charge >= 0.3 is 0 Å². The normalized spacial score (nSPS) is 24.1. The number of aromatic nitrogens is 1. The zero-order valence-corrected chi connectivity index (χ0v) is 11.6. The van der Waals surface area contributed by atoms with E-state index in [4.69, 9.17) is 0 Å². The molecule has 2 aliphatic heterocycles. The molecule has 0 aliphatic carbocycles. The lowest BCUT2D eigenvalue weighted by Crippen LogP contribution is -2.41. The maximum atomic E-state index is 13.6. The quantitative estimate of drug-likeness (QED) is 0.828. The maximum absolute atomic E-state index is 13.6. The first kappa shape index (κ1) is 13.5. The molecule has 0 spiro atoms. The number of hydrogen-bond donors (Lipinski definition) is 0. The highest BCUT2D eigenvalue weighted by Gasteiger charge is 2.32. The summed E-state index contributed by atoms with van der Waals surface area (Å²) in [6.45, 7) is 3.72. The zero-order valence-electron chi connectivity index (χ0n) is 11.6. The SMILES string of the molecule is O=C(c1ccncc1F)N1CCC(N2CCCCC2)C1. The van der Waals surface area contributed by atoms with Gasteiger partial charge in [0.1, 0.15) is 0 Å². The molecule has 1 amide bonds. The predicted octanol–water partition coefficient (Wildman–Crippen LogP) is 1.92. The van der Waals surface area contributed by atoms with Crippen molar-refractivity contribution in [3.05, 3.63) is 29.8 Å². The third-order valence-corrected chi connectivity index (χ3v) is 4.36. The van der Waals surface area contributed by atoms with Crippen LogP contribution in [0.4, 0.5) is 4.39 Å². The van der Waals surface area contributed by atoms with Crippen molar-refractivity contribution in [3.8, 4) is 0 Å². The molecule has 0 bridgehead atoms. The van der Waals surface area contributed by atoms with Crippen molar-refractivity contribution in [1.29, 1.82) is 0 Å². The van der Waals surface area contributed by atoms with E-state index in [0.29, 0.717) is 6.04 Å². The molecule has 1 aromatic rings. The smallest absolute Gasteiger partial charge is 0.256 e. The number of pyridine rings is 1. The second kappa shape index (κ2) is 5.87. The van der Waals surface area contributed by atoms with Crippen molar-refractivity contribution in [2.24, 2.45) is 0 Å². The van der Waals surface area contributed by atoms with Crippen molar-refractivity contribution in [3.63, 3.8) is 0 Å². The summed E-state index contributed by atoms with van der Waals surface area (Å²) in [5.74, 6) is -0.733. The van der Waals surface area contributed by atoms with Crippen molar-refractivity contribution in [1.82, 2.24) is 14.8 Å².